The van der Waals surface area contributed by atoms with Gasteiger partial charge in [-0.1, -0.05) is 17.7 Å². The molecule has 1 aromatic carbocycles. The smallest absolute Gasteiger partial charge is 0.255 e. The van der Waals surface area contributed by atoms with Gasteiger partial charge in [-0.3, -0.25) is 9.36 Å². The lowest BCUT2D eigenvalue weighted by molar-refractivity contribution is 0.617. The largest absolute Gasteiger partial charge is 0.292 e. The molecular weight excluding hydrogens is 347 g/mol. The first-order chi connectivity index (χ1) is 9.54. The van der Waals surface area contributed by atoms with Crippen LogP contribution in [0.3, 0.4) is 0 Å². The standard InChI is InChI=1S/C14H11BrClFN2O/c15-10-5-8(1-4-11(10)17)7-19-13(20)6-12(16)18-14(19)9-2-3-9/h1,4-6,9H,2-3,7H2. The molecule has 20 heavy (non-hydrogen) atoms. The Bertz CT molecular complexity index is 728. The minimum absolute atomic E-state index is 0.174. The number of halogens is 3. The maximum atomic E-state index is 13.2. The van der Waals surface area contributed by atoms with Crippen molar-refractivity contribution in [1.29, 1.82) is 0 Å². The zero-order valence-corrected chi connectivity index (χ0v) is 12.8. The van der Waals surface area contributed by atoms with E-state index in [2.05, 4.69) is 20.9 Å². The molecule has 104 valence electrons. The van der Waals surface area contributed by atoms with Crippen molar-refractivity contribution in [2.24, 2.45) is 0 Å². The molecule has 2 aromatic rings. The first-order valence-electron chi connectivity index (χ1n) is 6.26. The molecule has 1 fully saturated rings. The number of rotatable bonds is 3. The van der Waals surface area contributed by atoms with E-state index in [-0.39, 0.29) is 16.5 Å². The number of hydrogen-bond acceptors (Lipinski definition) is 2. The monoisotopic (exact) mass is 356 g/mol. The van der Waals surface area contributed by atoms with Gasteiger partial charge in [0, 0.05) is 12.0 Å². The fraction of sp³-hybridized carbons (Fsp3) is 0.286. The Balaban J connectivity index is 2.01. The Morgan fingerprint density at radius 3 is 2.80 bits per heavy atom. The van der Waals surface area contributed by atoms with Gasteiger partial charge in [-0.15, -0.1) is 0 Å². The molecule has 1 aromatic heterocycles. The lowest BCUT2D eigenvalue weighted by Gasteiger charge is -2.12. The van der Waals surface area contributed by atoms with Gasteiger partial charge in [0.25, 0.3) is 5.56 Å². The van der Waals surface area contributed by atoms with Crippen LogP contribution < -0.4 is 5.56 Å². The summed E-state index contributed by atoms with van der Waals surface area (Å²) in [6.45, 7) is 0.369. The second-order valence-electron chi connectivity index (χ2n) is 4.88. The van der Waals surface area contributed by atoms with Gasteiger partial charge in [0.1, 0.15) is 16.8 Å². The van der Waals surface area contributed by atoms with E-state index in [1.54, 1.807) is 16.7 Å². The highest BCUT2D eigenvalue weighted by atomic mass is 79.9. The Morgan fingerprint density at radius 2 is 2.15 bits per heavy atom. The Labute approximate surface area is 128 Å². The number of hydrogen-bond donors (Lipinski definition) is 0. The molecule has 1 heterocycles. The van der Waals surface area contributed by atoms with Crippen LogP contribution in [0, 0.1) is 5.82 Å². The van der Waals surface area contributed by atoms with Crippen LogP contribution in [0.15, 0.2) is 33.5 Å². The average Bonchev–Trinajstić information content (AvgIpc) is 3.21. The predicted molar refractivity (Wildman–Crippen MR) is 78.7 cm³/mol. The SMILES string of the molecule is O=c1cc(Cl)nc(C2CC2)n1Cc1ccc(F)c(Br)c1. The Hall–Kier alpha value is -1.20. The number of benzene rings is 1. The van der Waals surface area contributed by atoms with Crippen molar-refractivity contribution < 1.29 is 4.39 Å². The van der Waals surface area contributed by atoms with Crippen molar-refractivity contribution in [3.63, 3.8) is 0 Å². The van der Waals surface area contributed by atoms with Crippen molar-refractivity contribution in [3.8, 4) is 0 Å². The minimum atomic E-state index is -0.322. The lowest BCUT2D eigenvalue weighted by Crippen LogP contribution is -2.24. The van der Waals surface area contributed by atoms with E-state index in [1.807, 2.05) is 0 Å². The normalized spacial score (nSPS) is 14.6. The highest BCUT2D eigenvalue weighted by Crippen LogP contribution is 2.39. The van der Waals surface area contributed by atoms with E-state index in [0.717, 1.165) is 24.2 Å². The van der Waals surface area contributed by atoms with Gasteiger partial charge in [-0.2, -0.15) is 0 Å². The summed E-state index contributed by atoms with van der Waals surface area (Å²) in [5.41, 5.74) is 0.666. The summed E-state index contributed by atoms with van der Waals surface area (Å²) in [6.07, 6.45) is 2.06. The van der Waals surface area contributed by atoms with Crippen LogP contribution >= 0.6 is 27.5 Å². The van der Waals surface area contributed by atoms with Crippen LogP contribution in [0.1, 0.15) is 30.1 Å². The van der Waals surface area contributed by atoms with E-state index in [1.165, 1.54) is 12.1 Å². The van der Waals surface area contributed by atoms with Crippen LogP contribution in [-0.2, 0) is 6.54 Å². The lowest BCUT2D eigenvalue weighted by atomic mass is 10.2. The van der Waals surface area contributed by atoms with Crippen LogP contribution in [-0.4, -0.2) is 9.55 Å². The first-order valence-corrected chi connectivity index (χ1v) is 7.43. The maximum Gasteiger partial charge on any atom is 0.255 e. The van der Waals surface area contributed by atoms with Crippen molar-refractivity contribution in [2.45, 2.75) is 25.3 Å². The van der Waals surface area contributed by atoms with Crippen LogP contribution in [0.25, 0.3) is 0 Å². The Kier molecular flexibility index (Phi) is 3.65. The molecule has 0 N–H and O–H groups in total. The molecule has 1 saturated carbocycles. The van der Waals surface area contributed by atoms with E-state index in [0.29, 0.717) is 16.9 Å². The zero-order chi connectivity index (χ0) is 14.3. The van der Waals surface area contributed by atoms with Crippen molar-refractivity contribution in [1.82, 2.24) is 9.55 Å². The van der Waals surface area contributed by atoms with Crippen LogP contribution in [0.5, 0.6) is 0 Å². The third-order valence-corrected chi connectivity index (χ3v) is 4.08. The third-order valence-electron chi connectivity index (χ3n) is 3.27. The summed E-state index contributed by atoms with van der Waals surface area (Å²) < 4.78 is 15.2. The van der Waals surface area contributed by atoms with Crippen molar-refractivity contribution in [3.05, 3.63) is 61.5 Å². The second-order valence-corrected chi connectivity index (χ2v) is 6.13. The van der Waals surface area contributed by atoms with Gasteiger partial charge in [-0.05, 0) is 46.5 Å². The van der Waals surface area contributed by atoms with Gasteiger partial charge in [0.05, 0.1) is 11.0 Å². The summed E-state index contributed by atoms with van der Waals surface area (Å²) >= 11 is 9.01. The molecule has 0 amide bonds. The summed E-state index contributed by atoms with van der Waals surface area (Å²) in [4.78, 5) is 16.4. The summed E-state index contributed by atoms with van der Waals surface area (Å²) in [5.74, 6) is 0.714. The van der Waals surface area contributed by atoms with Crippen LogP contribution in [0.4, 0.5) is 4.39 Å². The molecule has 1 aliphatic carbocycles. The molecule has 0 aliphatic heterocycles. The van der Waals surface area contributed by atoms with E-state index in [9.17, 15) is 9.18 Å². The molecule has 0 saturated heterocycles. The maximum absolute atomic E-state index is 13.2. The fourth-order valence-electron chi connectivity index (χ4n) is 2.13. The van der Waals surface area contributed by atoms with Gasteiger partial charge >= 0.3 is 0 Å². The van der Waals surface area contributed by atoms with Gasteiger partial charge in [0.15, 0.2) is 0 Å². The summed E-state index contributed by atoms with van der Waals surface area (Å²) in [5, 5.41) is 0.230. The molecule has 0 spiro atoms. The van der Waals surface area contributed by atoms with E-state index in [4.69, 9.17) is 11.6 Å². The summed E-state index contributed by atoms with van der Waals surface area (Å²) in [7, 11) is 0. The van der Waals surface area contributed by atoms with Gasteiger partial charge < -0.3 is 0 Å². The minimum Gasteiger partial charge on any atom is -0.292 e. The van der Waals surface area contributed by atoms with Crippen molar-refractivity contribution in [2.75, 3.05) is 0 Å². The quantitative estimate of drug-likeness (QED) is 0.785. The summed E-state index contributed by atoms with van der Waals surface area (Å²) in [6, 6.07) is 6.03. The highest BCUT2D eigenvalue weighted by molar-refractivity contribution is 9.10. The molecule has 0 unspecified atom stereocenters. The topological polar surface area (TPSA) is 34.9 Å². The second kappa shape index (κ2) is 5.30. The van der Waals surface area contributed by atoms with Crippen molar-refractivity contribution >= 4 is 27.5 Å². The molecule has 0 radical (unpaired) electrons. The van der Waals surface area contributed by atoms with Gasteiger partial charge in [0.2, 0.25) is 0 Å². The third kappa shape index (κ3) is 2.79. The van der Waals surface area contributed by atoms with Crippen LogP contribution in [0.2, 0.25) is 5.15 Å². The molecule has 3 nitrogen and oxygen atoms in total. The molecule has 0 bridgehead atoms. The van der Waals surface area contributed by atoms with E-state index >= 15 is 0 Å². The first kappa shape index (κ1) is 13.8. The fourth-order valence-corrected chi connectivity index (χ4v) is 2.73. The predicted octanol–water partition coefficient (Wildman–Crippen LogP) is 3.72. The van der Waals surface area contributed by atoms with E-state index < -0.39 is 0 Å². The molecule has 3 rings (SSSR count). The molecule has 0 atom stereocenters. The number of nitrogens with zero attached hydrogens (tertiary/aromatic N) is 2. The molecule has 6 heteroatoms. The molecule has 1 aliphatic rings. The Morgan fingerprint density at radius 1 is 1.40 bits per heavy atom. The average molecular weight is 358 g/mol. The van der Waals surface area contributed by atoms with Gasteiger partial charge in [-0.25, -0.2) is 9.37 Å². The highest BCUT2D eigenvalue weighted by Gasteiger charge is 2.29. The zero-order valence-electron chi connectivity index (χ0n) is 10.4. The number of aromatic nitrogens is 2. The molecular formula is C14H11BrClFN2O.